The maximum Gasteiger partial charge on any atom is 0.234 e. The Bertz CT molecular complexity index is 761. The first-order chi connectivity index (χ1) is 13.6. The average Bonchev–Trinajstić information content (AvgIpc) is 2.72. The van der Waals surface area contributed by atoms with E-state index < -0.39 is 0 Å². The lowest BCUT2D eigenvalue weighted by Crippen LogP contribution is -2.35. The third-order valence-corrected chi connectivity index (χ3v) is 5.18. The van der Waals surface area contributed by atoms with E-state index in [1.807, 2.05) is 31.2 Å². The van der Waals surface area contributed by atoms with Crippen LogP contribution >= 0.6 is 11.6 Å². The standard InChI is InChI=1S/C22H28ClN3O2/c1-17(20-3-2-4-21(23)13-20)24-15-22(27)25-14-18-5-7-19(8-6-18)16-26-9-11-28-12-10-26/h2-8,13,17,24H,9-12,14-16H2,1H3,(H,25,27)/t17-/m0/s1. The number of carbonyl (C=O) groups is 1. The van der Waals surface area contributed by atoms with Crippen molar-refractivity contribution in [3.8, 4) is 0 Å². The highest BCUT2D eigenvalue weighted by Crippen LogP contribution is 2.17. The summed E-state index contributed by atoms with van der Waals surface area (Å²) < 4.78 is 5.38. The maximum absolute atomic E-state index is 12.1. The molecule has 2 N–H and O–H groups in total. The summed E-state index contributed by atoms with van der Waals surface area (Å²) in [5.74, 6) is -0.0220. The monoisotopic (exact) mass is 401 g/mol. The Morgan fingerprint density at radius 3 is 2.57 bits per heavy atom. The molecule has 28 heavy (non-hydrogen) atoms. The van der Waals surface area contributed by atoms with Gasteiger partial charge in [-0.25, -0.2) is 0 Å². The zero-order valence-electron chi connectivity index (χ0n) is 16.3. The van der Waals surface area contributed by atoms with Gasteiger partial charge in [-0.2, -0.15) is 0 Å². The van der Waals surface area contributed by atoms with Crippen LogP contribution in [-0.2, 0) is 22.6 Å². The van der Waals surface area contributed by atoms with E-state index in [-0.39, 0.29) is 18.5 Å². The van der Waals surface area contributed by atoms with E-state index in [0.717, 1.165) is 44.0 Å². The molecule has 5 nitrogen and oxygen atoms in total. The topological polar surface area (TPSA) is 53.6 Å². The molecule has 1 atom stereocenters. The van der Waals surface area contributed by atoms with Gasteiger partial charge in [-0.3, -0.25) is 9.69 Å². The van der Waals surface area contributed by atoms with Gasteiger partial charge in [0.05, 0.1) is 19.8 Å². The molecule has 0 saturated carbocycles. The minimum Gasteiger partial charge on any atom is -0.379 e. The van der Waals surface area contributed by atoms with Crippen LogP contribution in [0.2, 0.25) is 5.02 Å². The Balaban J connectivity index is 1.39. The molecule has 0 radical (unpaired) electrons. The number of morpholine rings is 1. The van der Waals surface area contributed by atoms with Crippen LogP contribution in [-0.4, -0.2) is 43.7 Å². The Morgan fingerprint density at radius 1 is 1.14 bits per heavy atom. The van der Waals surface area contributed by atoms with Gasteiger partial charge in [0.2, 0.25) is 5.91 Å². The summed E-state index contributed by atoms with van der Waals surface area (Å²) in [6.45, 7) is 7.36. The number of ether oxygens (including phenoxy) is 1. The molecule has 150 valence electrons. The summed E-state index contributed by atoms with van der Waals surface area (Å²) in [7, 11) is 0. The number of nitrogens with zero attached hydrogens (tertiary/aromatic N) is 1. The van der Waals surface area contributed by atoms with Gasteiger partial charge >= 0.3 is 0 Å². The lowest BCUT2D eigenvalue weighted by molar-refractivity contribution is -0.120. The number of benzene rings is 2. The fourth-order valence-electron chi connectivity index (χ4n) is 3.18. The highest BCUT2D eigenvalue weighted by Gasteiger charge is 2.11. The van der Waals surface area contributed by atoms with Gasteiger partial charge in [0.1, 0.15) is 0 Å². The zero-order valence-corrected chi connectivity index (χ0v) is 17.0. The molecule has 1 heterocycles. The Kier molecular flexibility index (Phi) is 7.86. The molecule has 0 aliphatic carbocycles. The second-order valence-electron chi connectivity index (χ2n) is 7.14. The maximum atomic E-state index is 12.1. The molecular weight excluding hydrogens is 374 g/mol. The van der Waals surface area contributed by atoms with Gasteiger partial charge in [0.15, 0.2) is 0 Å². The third kappa shape index (κ3) is 6.60. The van der Waals surface area contributed by atoms with Crippen molar-refractivity contribution in [3.05, 3.63) is 70.2 Å². The molecule has 1 amide bonds. The van der Waals surface area contributed by atoms with Crippen LogP contribution in [0.1, 0.15) is 29.7 Å². The molecule has 0 aromatic heterocycles. The van der Waals surface area contributed by atoms with Crippen molar-refractivity contribution in [2.75, 3.05) is 32.8 Å². The van der Waals surface area contributed by atoms with Crippen molar-refractivity contribution in [1.82, 2.24) is 15.5 Å². The van der Waals surface area contributed by atoms with Crippen LogP contribution in [0.3, 0.4) is 0 Å². The van der Waals surface area contributed by atoms with E-state index >= 15 is 0 Å². The fourth-order valence-corrected chi connectivity index (χ4v) is 3.38. The fraction of sp³-hybridized carbons (Fsp3) is 0.409. The average molecular weight is 402 g/mol. The van der Waals surface area contributed by atoms with Gasteiger partial charge in [-0.05, 0) is 35.7 Å². The first-order valence-corrected chi connectivity index (χ1v) is 10.1. The summed E-state index contributed by atoms with van der Waals surface area (Å²) in [5.41, 5.74) is 3.45. The number of rotatable bonds is 8. The van der Waals surface area contributed by atoms with Crippen molar-refractivity contribution in [3.63, 3.8) is 0 Å². The van der Waals surface area contributed by atoms with Crippen LogP contribution in [0.15, 0.2) is 48.5 Å². The largest absolute Gasteiger partial charge is 0.379 e. The second-order valence-corrected chi connectivity index (χ2v) is 7.58. The van der Waals surface area contributed by atoms with Crippen molar-refractivity contribution >= 4 is 17.5 Å². The van der Waals surface area contributed by atoms with Gasteiger partial charge in [-0.15, -0.1) is 0 Å². The van der Waals surface area contributed by atoms with Crippen molar-refractivity contribution < 1.29 is 9.53 Å². The highest BCUT2D eigenvalue weighted by atomic mass is 35.5. The Morgan fingerprint density at radius 2 is 1.86 bits per heavy atom. The molecule has 2 aromatic rings. The SMILES string of the molecule is C[C@H](NCC(=O)NCc1ccc(CN2CCOCC2)cc1)c1cccc(Cl)c1. The van der Waals surface area contributed by atoms with Gasteiger partial charge < -0.3 is 15.4 Å². The number of hydrogen-bond acceptors (Lipinski definition) is 4. The predicted octanol–water partition coefficient (Wildman–Crippen LogP) is 3.14. The third-order valence-electron chi connectivity index (χ3n) is 4.94. The molecule has 0 unspecified atom stereocenters. The summed E-state index contributed by atoms with van der Waals surface area (Å²) in [5, 5.41) is 6.90. The minimum atomic E-state index is -0.0220. The zero-order chi connectivity index (χ0) is 19.8. The normalized spacial score (nSPS) is 15.9. The number of halogens is 1. The number of carbonyl (C=O) groups excluding carboxylic acids is 1. The van der Waals surface area contributed by atoms with Gasteiger partial charge in [0, 0.05) is 37.2 Å². The Labute approximate surface area is 172 Å². The molecule has 1 aliphatic rings. The number of nitrogens with one attached hydrogen (secondary N) is 2. The first-order valence-electron chi connectivity index (χ1n) is 9.73. The van der Waals surface area contributed by atoms with Gasteiger partial charge in [-0.1, -0.05) is 48.0 Å². The van der Waals surface area contributed by atoms with Gasteiger partial charge in [0.25, 0.3) is 0 Å². The van der Waals surface area contributed by atoms with E-state index in [2.05, 4.69) is 39.8 Å². The Hall–Kier alpha value is -1.92. The molecule has 1 aliphatic heterocycles. The van der Waals surface area contributed by atoms with Crippen molar-refractivity contribution in [2.45, 2.75) is 26.1 Å². The second kappa shape index (κ2) is 10.6. The molecule has 1 saturated heterocycles. The van der Waals surface area contributed by atoms with Crippen molar-refractivity contribution in [1.29, 1.82) is 0 Å². The molecule has 0 spiro atoms. The summed E-state index contributed by atoms with van der Waals surface area (Å²) in [6.07, 6.45) is 0. The molecule has 0 bridgehead atoms. The van der Waals surface area contributed by atoms with E-state index in [0.29, 0.717) is 11.6 Å². The molecule has 3 rings (SSSR count). The highest BCUT2D eigenvalue weighted by molar-refractivity contribution is 6.30. The van der Waals surface area contributed by atoms with E-state index in [1.54, 1.807) is 0 Å². The van der Waals surface area contributed by atoms with E-state index in [4.69, 9.17) is 16.3 Å². The lowest BCUT2D eigenvalue weighted by atomic mass is 10.1. The van der Waals surface area contributed by atoms with E-state index in [1.165, 1.54) is 5.56 Å². The smallest absolute Gasteiger partial charge is 0.234 e. The van der Waals surface area contributed by atoms with Crippen LogP contribution in [0.25, 0.3) is 0 Å². The van der Waals surface area contributed by atoms with Crippen LogP contribution in [0, 0.1) is 0 Å². The minimum absolute atomic E-state index is 0.0220. The first kappa shape index (κ1) is 20.8. The molecule has 6 heteroatoms. The van der Waals surface area contributed by atoms with Crippen LogP contribution in [0.5, 0.6) is 0 Å². The number of hydrogen-bond donors (Lipinski definition) is 2. The predicted molar refractivity (Wildman–Crippen MR) is 112 cm³/mol. The van der Waals surface area contributed by atoms with E-state index in [9.17, 15) is 4.79 Å². The quantitative estimate of drug-likeness (QED) is 0.713. The summed E-state index contributed by atoms with van der Waals surface area (Å²) >= 11 is 6.02. The summed E-state index contributed by atoms with van der Waals surface area (Å²) in [6, 6.07) is 16.2. The number of amides is 1. The van der Waals surface area contributed by atoms with Crippen LogP contribution in [0.4, 0.5) is 0 Å². The summed E-state index contributed by atoms with van der Waals surface area (Å²) in [4.78, 5) is 14.5. The van der Waals surface area contributed by atoms with Crippen LogP contribution < -0.4 is 10.6 Å². The molecular formula is C22H28ClN3O2. The van der Waals surface area contributed by atoms with Crippen molar-refractivity contribution in [2.24, 2.45) is 0 Å². The molecule has 2 aromatic carbocycles. The molecule has 1 fully saturated rings. The lowest BCUT2D eigenvalue weighted by Gasteiger charge is -2.26.